The highest BCUT2D eigenvalue weighted by Gasteiger charge is 2.15. The Kier molecular flexibility index (Phi) is 5.65. The van der Waals surface area contributed by atoms with Crippen LogP contribution in [0.1, 0.15) is 45.2 Å². The van der Waals surface area contributed by atoms with Crippen LogP contribution in [-0.4, -0.2) is 6.54 Å². The fourth-order valence-corrected chi connectivity index (χ4v) is 1.90. The fraction of sp³-hybridized carbons (Fsp3) is 0.533. The molecule has 0 aliphatic carbocycles. The monoisotopic (exact) mass is 264 g/mol. The van der Waals surface area contributed by atoms with Crippen molar-refractivity contribution in [2.75, 3.05) is 6.54 Å². The van der Waals surface area contributed by atoms with Crippen LogP contribution < -0.4 is 5.32 Å². The number of nitriles is 1. The van der Waals surface area contributed by atoms with E-state index in [0.717, 1.165) is 24.4 Å². The largest absolute Gasteiger partial charge is 0.310 e. The van der Waals surface area contributed by atoms with Gasteiger partial charge in [-0.3, -0.25) is 0 Å². The summed E-state index contributed by atoms with van der Waals surface area (Å²) in [4.78, 5) is 0. The summed E-state index contributed by atoms with van der Waals surface area (Å²) in [5.74, 6) is 0. The lowest BCUT2D eigenvalue weighted by atomic mass is 9.90. The summed E-state index contributed by atoms with van der Waals surface area (Å²) in [6.07, 6.45) is 1.93. The van der Waals surface area contributed by atoms with Gasteiger partial charge < -0.3 is 5.32 Å². The van der Waals surface area contributed by atoms with Crippen molar-refractivity contribution < 1.29 is 0 Å². The van der Waals surface area contributed by atoms with Crippen molar-refractivity contribution in [3.05, 3.63) is 34.9 Å². The van der Waals surface area contributed by atoms with Crippen molar-refractivity contribution in [2.45, 2.75) is 39.7 Å². The number of halogens is 1. The van der Waals surface area contributed by atoms with Gasteiger partial charge in [0.25, 0.3) is 0 Å². The molecule has 0 amide bonds. The third kappa shape index (κ3) is 5.08. The van der Waals surface area contributed by atoms with Gasteiger partial charge in [-0.25, -0.2) is 0 Å². The Labute approximate surface area is 115 Å². The summed E-state index contributed by atoms with van der Waals surface area (Å²) in [7, 11) is 0. The molecule has 1 N–H and O–H groups in total. The van der Waals surface area contributed by atoms with E-state index < -0.39 is 0 Å². The van der Waals surface area contributed by atoms with Crippen molar-refractivity contribution in [3.63, 3.8) is 0 Å². The van der Waals surface area contributed by atoms with Gasteiger partial charge in [-0.15, -0.1) is 0 Å². The van der Waals surface area contributed by atoms with Gasteiger partial charge in [0.1, 0.15) is 0 Å². The van der Waals surface area contributed by atoms with Gasteiger partial charge >= 0.3 is 0 Å². The minimum Gasteiger partial charge on any atom is -0.310 e. The van der Waals surface area contributed by atoms with E-state index in [1.54, 1.807) is 0 Å². The summed E-state index contributed by atoms with van der Waals surface area (Å²) in [5.41, 5.74) is 1.02. The normalized spacial score (nSPS) is 13.1. The molecule has 98 valence electrons. The molecule has 0 heterocycles. The van der Waals surface area contributed by atoms with E-state index in [-0.39, 0.29) is 5.41 Å². The van der Waals surface area contributed by atoms with Crippen molar-refractivity contribution in [1.82, 2.24) is 5.32 Å². The third-order valence-corrected chi connectivity index (χ3v) is 3.35. The average molecular weight is 265 g/mol. The van der Waals surface area contributed by atoms with Crippen molar-refractivity contribution in [1.29, 1.82) is 5.26 Å². The second-order valence-electron chi connectivity index (χ2n) is 5.33. The Morgan fingerprint density at radius 3 is 2.50 bits per heavy atom. The maximum Gasteiger partial charge on any atom is 0.0683 e. The van der Waals surface area contributed by atoms with Gasteiger partial charge in [-0.1, -0.05) is 23.7 Å². The van der Waals surface area contributed by atoms with E-state index >= 15 is 0 Å². The number of nitrogens with one attached hydrogen (secondary N) is 1. The third-order valence-electron chi connectivity index (χ3n) is 3.10. The summed E-state index contributed by atoms with van der Waals surface area (Å²) >= 11 is 5.86. The first-order chi connectivity index (χ1) is 8.44. The molecule has 1 aromatic carbocycles. The molecule has 1 aromatic rings. The molecule has 18 heavy (non-hydrogen) atoms. The van der Waals surface area contributed by atoms with Crippen LogP contribution in [-0.2, 0) is 0 Å². The van der Waals surface area contributed by atoms with E-state index in [2.05, 4.69) is 18.3 Å². The molecule has 0 aliphatic rings. The molecule has 1 atom stereocenters. The summed E-state index contributed by atoms with van der Waals surface area (Å²) < 4.78 is 0. The van der Waals surface area contributed by atoms with Crippen LogP contribution in [0, 0.1) is 16.7 Å². The Bertz CT molecular complexity index is 403. The summed E-state index contributed by atoms with van der Waals surface area (Å²) in [6, 6.07) is 10.5. The molecule has 2 nitrogen and oxygen atoms in total. The predicted octanol–water partition coefficient (Wildman–Crippen LogP) is 4.32. The SMILES string of the molecule is CC(NCCCC(C)(C)C#N)c1ccc(Cl)cc1. The second-order valence-corrected chi connectivity index (χ2v) is 5.76. The van der Waals surface area contributed by atoms with Crippen LogP contribution in [0.25, 0.3) is 0 Å². The molecular formula is C15H21ClN2. The maximum atomic E-state index is 8.92. The highest BCUT2D eigenvalue weighted by Crippen LogP contribution is 2.21. The first kappa shape index (κ1) is 15.0. The van der Waals surface area contributed by atoms with Crippen molar-refractivity contribution >= 4 is 11.6 Å². The fourth-order valence-electron chi connectivity index (χ4n) is 1.77. The first-order valence-corrected chi connectivity index (χ1v) is 6.72. The Morgan fingerprint density at radius 1 is 1.33 bits per heavy atom. The number of benzene rings is 1. The van der Waals surface area contributed by atoms with Crippen LogP contribution in [0.4, 0.5) is 0 Å². The quantitative estimate of drug-likeness (QED) is 0.777. The lowest BCUT2D eigenvalue weighted by molar-refractivity contribution is 0.417. The molecule has 3 heteroatoms. The van der Waals surface area contributed by atoms with E-state index in [1.807, 2.05) is 38.1 Å². The first-order valence-electron chi connectivity index (χ1n) is 6.35. The zero-order valence-electron chi connectivity index (χ0n) is 11.3. The highest BCUT2D eigenvalue weighted by molar-refractivity contribution is 6.30. The summed E-state index contributed by atoms with van der Waals surface area (Å²) in [6.45, 7) is 7.03. The molecule has 0 radical (unpaired) electrons. The van der Waals surface area contributed by atoms with E-state index in [1.165, 1.54) is 5.56 Å². The zero-order chi connectivity index (χ0) is 13.6. The molecule has 0 saturated carbocycles. The number of hydrogen-bond donors (Lipinski definition) is 1. The topological polar surface area (TPSA) is 35.8 Å². The van der Waals surface area contributed by atoms with Crippen LogP contribution >= 0.6 is 11.6 Å². The molecule has 0 bridgehead atoms. The zero-order valence-corrected chi connectivity index (χ0v) is 12.1. The molecule has 1 unspecified atom stereocenters. The van der Waals surface area contributed by atoms with Gasteiger partial charge in [-0.05, 0) is 57.9 Å². The molecule has 0 fully saturated rings. The molecule has 0 aliphatic heterocycles. The lowest BCUT2D eigenvalue weighted by Gasteiger charge is -2.17. The number of hydrogen-bond acceptors (Lipinski definition) is 2. The minimum atomic E-state index is -0.217. The smallest absolute Gasteiger partial charge is 0.0683 e. The molecule has 1 rings (SSSR count). The van der Waals surface area contributed by atoms with Crippen LogP contribution in [0.3, 0.4) is 0 Å². The van der Waals surface area contributed by atoms with Gasteiger partial charge in [0.2, 0.25) is 0 Å². The minimum absolute atomic E-state index is 0.217. The van der Waals surface area contributed by atoms with Crippen LogP contribution in [0.5, 0.6) is 0 Å². The second kappa shape index (κ2) is 6.78. The Hall–Kier alpha value is -1.04. The Balaban J connectivity index is 2.32. The van der Waals surface area contributed by atoms with E-state index in [0.29, 0.717) is 6.04 Å². The lowest BCUT2D eigenvalue weighted by Crippen LogP contribution is -2.21. The van der Waals surface area contributed by atoms with Crippen molar-refractivity contribution in [3.8, 4) is 6.07 Å². The Morgan fingerprint density at radius 2 is 1.94 bits per heavy atom. The molecule has 0 aromatic heterocycles. The predicted molar refractivity (Wildman–Crippen MR) is 76.5 cm³/mol. The highest BCUT2D eigenvalue weighted by atomic mass is 35.5. The van der Waals surface area contributed by atoms with E-state index in [4.69, 9.17) is 16.9 Å². The van der Waals surface area contributed by atoms with Gasteiger partial charge in [0, 0.05) is 11.1 Å². The van der Waals surface area contributed by atoms with Gasteiger partial charge in [0.15, 0.2) is 0 Å². The summed E-state index contributed by atoms with van der Waals surface area (Å²) in [5, 5.41) is 13.2. The standard InChI is InChI=1S/C15H21ClN2/c1-12(13-5-7-14(16)8-6-13)18-10-4-9-15(2,3)11-17/h5-8,12,18H,4,9-10H2,1-3H3. The average Bonchev–Trinajstić information content (AvgIpc) is 2.35. The molecular weight excluding hydrogens is 244 g/mol. The van der Waals surface area contributed by atoms with Crippen LogP contribution in [0.15, 0.2) is 24.3 Å². The van der Waals surface area contributed by atoms with Crippen LogP contribution in [0.2, 0.25) is 5.02 Å². The van der Waals surface area contributed by atoms with E-state index in [9.17, 15) is 0 Å². The molecule has 0 spiro atoms. The number of nitrogens with zero attached hydrogens (tertiary/aromatic N) is 1. The van der Waals surface area contributed by atoms with Crippen molar-refractivity contribution in [2.24, 2.45) is 5.41 Å². The maximum absolute atomic E-state index is 8.92. The van der Waals surface area contributed by atoms with Gasteiger partial charge in [-0.2, -0.15) is 5.26 Å². The number of rotatable bonds is 6. The van der Waals surface area contributed by atoms with Gasteiger partial charge in [0.05, 0.1) is 11.5 Å². The molecule has 0 saturated heterocycles.